The quantitative estimate of drug-likeness (QED) is 0.110. The number of hydrogen-bond donors (Lipinski definition) is 0. The molecule has 0 saturated carbocycles. The first kappa shape index (κ1) is 34.4. The van der Waals surface area contributed by atoms with E-state index in [2.05, 4.69) is 203 Å². The Kier molecular flexibility index (Phi) is 6.83. The minimum atomic E-state index is 0.929. The molecule has 64 heavy (non-hydrogen) atoms. The molecule has 16 rings (SSSR count). The van der Waals surface area contributed by atoms with Crippen LogP contribution in [0.15, 0.2) is 211 Å². The first-order valence-electron chi connectivity index (χ1n) is 21.9. The molecule has 0 unspecified atom stereocenters. The van der Waals surface area contributed by atoms with Gasteiger partial charge in [-0.15, -0.1) is 11.3 Å². The zero-order valence-electron chi connectivity index (χ0n) is 34.3. The van der Waals surface area contributed by atoms with Gasteiger partial charge in [-0.1, -0.05) is 133 Å². The molecule has 6 aromatic heterocycles. The van der Waals surface area contributed by atoms with Crippen molar-refractivity contribution < 1.29 is 4.42 Å². The summed E-state index contributed by atoms with van der Waals surface area (Å²) < 4.78 is 13.7. The average molecular weight is 831 g/mol. The third-order valence-electron chi connectivity index (χ3n) is 13.8. The second-order valence-corrected chi connectivity index (χ2v) is 18.4. The maximum Gasteiger partial charge on any atom is 0.137 e. The summed E-state index contributed by atoms with van der Waals surface area (Å²) in [7, 11) is 0. The van der Waals surface area contributed by atoms with Crippen molar-refractivity contribution in [2.75, 3.05) is 0 Å². The molecule has 10 aromatic carbocycles. The fourth-order valence-electron chi connectivity index (χ4n) is 10.9. The van der Waals surface area contributed by atoms with Crippen LogP contribution >= 0.6 is 11.3 Å². The standard InChI is InChI=1S/C30H17NO.C30H17NS/c2*1-2-8-19-14-26-23(13-18(19)7-1)24-15-25-22-11-5-6-12-28(22)32-29(25)16-27(24)31-17-20-9-3-4-10-21(20)30(26)31/h2*1-17H. The van der Waals surface area contributed by atoms with Gasteiger partial charge in [-0.05, 0) is 86.9 Å². The third-order valence-corrected chi connectivity index (χ3v) is 15.0. The van der Waals surface area contributed by atoms with Crippen LogP contribution in [0.2, 0.25) is 0 Å². The van der Waals surface area contributed by atoms with Crippen LogP contribution in [0.1, 0.15) is 0 Å². The van der Waals surface area contributed by atoms with Gasteiger partial charge in [0.1, 0.15) is 11.2 Å². The molecule has 0 amide bonds. The second kappa shape index (κ2) is 12.7. The minimum Gasteiger partial charge on any atom is -0.456 e. The number of nitrogens with zero attached hydrogens (tertiary/aromatic N) is 2. The monoisotopic (exact) mass is 830 g/mol. The molecule has 0 saturated heterocycles. The molecule has 0 aliphatic rings. The van der Waals surface area contributed by atoms with E-state index in [0.29, 0.717) is 0 Å². The van der Waals surface area contributed by atoms with Gasteiger partial charge in [0.05, 0.1) is 22.1 Å². The topological polar surface area (TPSA) is 22.0 Å². The van der Waals surface area contributed by atoms with Crippen LogP contribution in [-0.4, -0.2) is 8.80 Å². The first-order valence-corrected chi connectivity index (χ1v) is 22.7. The van der Waals surface area contributed by atoms with Crippen LogP contribution in [-0.2, 0) is 0 Å². The van der Waals surface area contributed by atoms with E-state index < -0.39 is 0 Å². The highest BCUT2D eigenvalue weighted by Crippen LogP contribution is 2.43. The summed E-state index contributed by atoms with van der Waals surface area (Å²) in [5.41, 5.74) is 6.86. The fourth-order valence-corrected chi connectivity index (χ4v) is 12.0. The molecule has 0 radical (unpaired) electrons. The van der Waals surface area contributed by atoms with Gasteiger partial charge in [-0.2, -0.15) is 0 Å². The van der Waals surface area contributed by atoms with E-state index in [-0.39, 0.29) is 0 Å². The van der Waals surface area contributed by atoms with Gasteiger partial charge in [-0.25, -0.2) is 0 Å². The van der Waals surface area contributed by atoms with E-state index in [9.17, 15) is 0 Å². The Labute approximate surface area is 368 Å². The largest absolute Gasteiger partial charge is 0.456 e. The Balaban J connectivity index is 0.000000119. The molecule has 0 N–H and O–H groups in total. The highest BCUT2D eigenvalue weighted by atomic mass is 32.1. The van der Waals surface area contributed by atoms with Crippen molar-refractivity contribution in [1.82, 2.24) is 8.80 Å². The molecule has 0 bridgehead atoms. The number of furan rings is 1. The minimum absolute atomic E-state index is 0.929. The second-order valence-electron chi connectivity index (χ2n) is 17.3. The molecule has 0 fully saturated rings. The maximum absolute atomic E-state index is 6.25. The number of aromatic nitrogens is 2. The van der Waals surface area contributed by atoms with Crippen LogP contribution in [0, 0.1) is 0 Å². The Morgan fingerprint density at radius 3 is 1.33 bits per heavy atom. The van der Waals surface area contributed by atoms with E-state index in [1.165, 1.54) is 123 Å². The van der Waals surface area contributed by atoms with Gasteiger partial charge < -0.3 is 13.2 Å². The third kappa shape index (κ3) is 4.75. The lowest BCUT2D eigenvalue weighted by atomic mass is 9.98. The smallest absolute Gasteiger partial charge is 0.137 e. The van der Waals surface area contributed by atoms with Crippen molar-refractivity contribution in [3.05, 3.63) is 207 Å². The molecule has 0 aliphatic carbocycles. The van der Waals surface area contributed by atoms with Crippen molar-refractivity contribution in [2.45, 2.75) is 0 Å². The zero-order valence-corrected chi connectivity index (χ0v) is 35.2. The molecule has 4 heteroatoms. The molecule has 296 valence electrons. The number of benzene rings is 10. The van der Waals surface area contributed by atoms with Crippen molar-refractivity contribution >= 4 is 151 Å². The average Bonchev–Trinajstić information content (AvgIpc) is 4.12. The van der Waals surface area contributed by atoms with Gasteiger partial charge in [0.15, 0.2) is 0 Å². The van der Waals surface area contributed by atoms with Gasteiger partial charge in [-0.3, -0.25) is 0 Å². The zero-order chi connectivity index (χ0) is 41.6. The molecular weight excluding hydrogens is 797 g/mol. The van der Waals surface area contributed by atoms with Crippen LogP contribution < -0.4 is 0 Å². The van der Waals surface area contributed by atoms with Crippen LogP contribution in [0.3, 0.4) is 0 Å². The summed E-state index contributed by atoms with van der Waals surface area (Å²) in [6, 6.07) is 70.6. The number of rotatable bonds is 0. The molecule has 0 atom stereocenters. The van der Waals surface area contributed by atoms with E-state index >= 15 is 0 Å². The Hall–Kier alpha value is -8.18. The Morgan fingerprint density at radius 1 is 0.281 bits per heavy atom. The predicted octanol–water partition coefficient (Wildman–Crippen LogP) is 17.4. The summed E-state index contributed by atoms with van der Waals surface area (Å²) in [5, 5.41) is 23.0. The summed E-state index contributed by atoms with van der Waals surface area (Å²) in [4.78, 5) is 0. The summed E-state index contributed by atoms with van der Waals surface area (Å²) in [5.74, 6) is 0. The lowest BCUT2D eigenvalue weighted by Crippen LogP contribution is -1.90. The lowest BCUT2D eigenvalue weighted by Gasteiger charge is -2.12. The summed E-state index contributed by atoms with van der Waals surface area (Å²) >= 11 is 1.89. The van der Waals surface area contributed by atoms with Crippen LogP contribution in [0.25, 0.3) is 140 Å². The van der Waals surface area contributed by atoms with E-state index in [1.54, 1.807) is 0 Å². The van der Waals surface area contributed by atoms with Gasteiger partial charge in [0, 0.05) is 92.5 Å². The number of thiophene rings is 1. The van der Waals surface area contributed by atoms with Crippen molar-refractivity contribution in [1.29, 1.82) is 0 Å². The van der Waals surface area contributed by atoms with Gasteiger partial charge in [0.25, 0.3) is 0 Å². The Morgan fingerprint density at radius 2 is 0.734 bits per heavy atom. The number of pyridine rings is 2. The molecule has 6 heterocycles. The first-order chi connectivity index (χ1) is 31.7. The number of hydrogen-bond acceptors (Lipinski definition) is 2. The van der Waals surface area contributed by atoms with Gasteiger partial charge in [0.2, 0.25) is 0 Å². The van der Waals surface area contributed by atoms with E-state index in [1.807, 2.05) is 23.5 Å². The molecule has 3 nitrogen and oxygen atoms in total. The summed E-state index contributed by atoms with van der Waals surface area (Å²) in [6.45, 7) is 0. The normalized spacial score (nSPS) is 12.4. The highest BCUT2D eigenvalue weighted by Gasteiger charge is 2.18. The Bertz CT molecular complexity index is 4380. The number of para-hydroxylation sites is 1. The predicted molar refractivity (Wildman–Crippen MR) is 275 cm³/mol. The molecule has 0 spiro atoms. The summed E-state index contributed by atoms with van der Waals surface area (Å²) in [6.07, 6.45) is 4.57. The van der Waals surface area contributed by atoms with Gasteiger partial charge >= 0.3 is 0 Å². The SMILES string of the molecule is c1ccc2cc3c(cc2c1)c1cc2c(cc1n1cc4ccccc4c31)oc1ccccc12.c1ccc2cc3c(cc2c1)c1cc2c(cc1n1cc4ccccc4c31)sc1ccccc12. The van der Waals surface area contributed by atoms with Crippen LogP contribution in [0.5, 0.6) is 0 Å². The maximum atomic E-state index is 6.25. The van der Waals surface area contributed by atoms with Crippen LogP contribution in [0.4, 0.5) is 0 Å². The van der Waals surface area contributed by atoms with Crippen molar-refractivity contribution in [3.63, 3.8) is 0 Å². The highest BCUT2D eigenvalue weighted by molar-refractivity contribution is 7.25. The molecule has 16 aromatic rings. The molecular formula is C60H34N2OS. The van der Waals surface area contributed by atoms with E-state index in [0.717, 1.165) is 16.6 Å². The number of fused-ring (bicyclic) bond motifs is 24. The van der Waals surface area contributed by atoms with E-state index in [4.69, 9.17) is 4.42 Å². The van der Waals surface area contributed by atoms with Crippen molar-refractivity contribution in [3.8, 4) is 0 Å². The lowest BCUT2D eigenvalue weighted by molar-refractivity contribution is 0.669. The van der Waals surface area contributed by atoms with Crippen molar-refractivity contribution in [2.24, 2.45) is 0 Å². The molecule has 0 aliphatic heterocycles. The fraction of sp³-hybridized carbons (Fsp3) is 0.